The van der Waals surface area contributed by atoms with Gasteiger partial charge >= 0.3 is 0 Å². The molecule has 1 atom stereocenters. The van der Waals surface area contributed by atoms with E-state index in [-0.39, 0.29) is 5.91 Å². The number of carbonyl (C=O) groups excluding carboxylic acids is 1. The standard InChI is InChI=1S/C13H16N2O/c1-10-5-4-6-11(7-10)8-12(9-14)13(16)15(2)3/h4-7,12H,8H2,1-3H3. The van der Waals surface area contributed by atoms with Crippen molar-refractivity contribution in [1.29, 1.82) is 5.26 Å². The van der Waals surface area contributed by atoms with Gasteiger partial charge in [0.15, 0.2) is 0 Å². The molecule has 1 aromatic carbocycles. The third kappa shape index (κ3) is 3.09. The first-order chi connectivity index (χ1) is 7.54. The largest absolute Gasteiger partial charge is 0.348 e. The van der Waals surface area contributed by atoms with Gasteiger partial charge in [-0.25, -0.2) is 0 Å². The van der Waals surface area contributed by atoms with E-state index in [1.165, 1.54) is 4.90 Å². The summed E-state index contributed by atoms with van der Waals surface area (Å²) < 4.78 is 0. The molecule has 16 heavy (non-hydrogen) atoms. The topological polar surface area (TPSA) is 44.1 Å². The van der Waals surface area contributed by atoms with Crippen LogP contribution in [0.4, 0.5) is 0 Å². The number of hydrogen-bond acceptors (Lipinski definition) is 2. The molecule has 0 radical (unpaired) electrons. The predicted octanol–water partition coefficient (Wildman–Crippen LogP) is 1.77. The van der Waals surface area contributed by atoms with E-state index >= 15 is 0 Å². The number of amides is 1. The lowest BCUT2D eigenvalue weighted by molar-refractivity contribution is -0.131. The molecule has 0 aliphatic carbocycles. The summed E-state index contributed by atoms with van der Waals surface area (Å²) in [6.07, 6.45) is 0.481. The van der Waals surface area contributed by atoms with Crippen LogP contribution in [0.1, 0.15) is 11.1 Å². The lowest BCUT2D eigenvalue weighted by Gasteiger charge is -2.14. The van der Waals surface area contributed by atoms with E-state index in [2.05, 4.69) is 6.07 Å². The molecule has 0 aliphatic heterocycles. The van der Waals surface area contributed by atoms with Gasteiger partial charge in [-0.2, -0.15) is 5.26 Å². The summed E-state index contributed by atoms with van der Waals surface area (Å²) in [5, 5.41) is 8.98. The van der Waals surface area contributed by atoms with Crippen LogP contribution in [-0.4, -0.2) is 24.9 Å². The molecule has 1 amide bonds. The molecule has 0 aromatic heterocycles. The summed E-state index contributed by atoms with van der Waals surface area (Å²) in [6, 6.07) is 9.95. The van der Waals surface area contributed by atoms with Gasteiger partial charge in [0, 0.05) is 14.1 Å². The number of nitriles is 1. The van der Waals surface area contributed by atoms with E-state index in [0.29, 0.717) is 6.42 Å². The van der Waals surface area contributed by atoms with E-state index < -0.39 is 5.92 Å². The summed E-state index contributed by atoms with van der Waals surface area (Å²) in [6.45, 7) is 2.00. The maximum absolute atomic E-state index is 11.7. The van der Waals surface area contributed by atoms with Crippen LogP contribution in [0.2, 0.25) is 0 Å². The molecule has 0 aliphatic rings. The second-order valence-corrected chi connectivity index (χ2v) is 4.11. The second kappa shape index (κ2) is 5.32. The third-order valence-corrected chi connectivity index (χ3v) is 2.42. The smallest absolute Gasteiger partial charge is 0.239 e. The van der Waals surface area contributed by atoms with Gasteiger partial charge in [0.2, 0.25) is 5.91 Å². The van der Waals surface area contributed by atoms with Crippen LogP contribution in [0, 0.1) is 24.2 Å². The summed E-state index contributed by atoms with van der Waals surface area (Å²) in [5.41, 5.74) is 2.17. The number of rotatable bonds is 3. The third-order valence-electron chi connectivity index (χ3n) is 2.42. The fourth-order valence-corrected chi connectivity index (χ4v) is 1.57. The fraction of sp³-hybridized carbons (Fsp3) is 0.385. The first-order valence-electron chi connectivity index (χ1n) is 5.21. The molecule has 3 heteroatoms. The Labute approximate surface area is 96.3 Å². The average Bonchev–Trinajstić information content (AvgIpc) is 2.25. The predicted molar refractivity (Wildman–Crippen MR) is 62.7 cm³/mol. The number of nitrogens with zero attached hydrogens (tertiary/aromatic N) is 2. The van der Waals surface area contributed by atoms with E-state index in [4.69, 9.17) is 5.26 Å². The Hall–Kier alpha value is -1.82. The van der Waals surface area contributed by atoms with Crippen LogP contribution in [0.5, 0.6) is 0 Å². The van der Waals surface area contributed by atoms with E-state index in [1.54, 1.807) is 14.1 Å². The molecule has 0 saturated carbocycles. The van der Waals surface area contributed by atoms with Crippen molar-refractivity contribution < 1.29 is 4.79 Å². The Morgan fingerprint density at radius 1 is 1.50 bits per heavy atom. The van der Waals surface area contributed by atoms with E-state index in [9.17, 15) is 4.79 Å². The summed E-state index contributed by atoms with van der Waals surface area (Å²) in [7, 11) is 3.34. The highest BCUT2D eigenvalue weighted by Gasteiger charge is 2.19. The van der Waals surface area contributed by atoms with Gasteiger partial charge in [-0.15, -0.1) is 0 Å². The lowest BCUT2D eigenvalue weighted by atomic mass is 9.98. The molecule has 0 spiro atoms. The molecule has 0 heterocycles. The highest BCUT2D eigenvalue weighted by molar-refractivity contribution is 5.81. The molecule has 0 bridgehead atoms. The minimum absolute atomic E-state index is 0.135. The molecule has 1 unspecified atom stereocenters. The van der Waals surface area contributed by atoms with Crippen molar-refractivity contribution in [2.75, 3.05) is 14.1 Å². The highest BCUT2D eigenvalue weighted by Crippen LogP contribution is 2.11. The first-order valence-corrected chi connectivity index (χ1v) is 5.21. The van der Waals surface area contributed by atoms with Gasteiger partial charge in [-0.05, 0) is 18.9 Å². The van der Waals surface area contributed by atoms with Gasteiger partial charge in [-0.3, -0.25) is 4.79 Å². The zero-order valence-electron chi connectivity index (χ0n) is 9.90. The highest BCUT2D eigenvalue weighted by atomic mass is 16.2. The van der Waals surface area contributed by atoms with Crippen LogP contribution < -0.4 is 0 Å². The SMILES string of the molecule is Cc1cccc(CC(C#N)C(=O)N(C)C)c1. The van der Waals surface area contributed by atoms with Crippen LogP contribution in [0.15, 0.2) is 24.3 Å². The Balaban J connectivity index is 2.79. The Kier molecular flexibility index (Phi) is 4.07. The molecule has 3 nitrogen and oxygen atoms in total. The average molecular weight is 216 g/mol. The van der Waals surface area contributed by atoms with Crippen molar-refractivity contribution >= 4 is 5.91 Å². The maximum Gasteiger partial charge on any atom is 0.239 e. The maximum atomic E-state index is 11.7. The number of aryl methyl sites for hydroxylation is 1. The van der Waals surface area contributed by atoms with Gasteiger partial charge < -0.3 is 4.90 Å². The van der Waals surface area contributed by atoms with E-state index in [1.807, 2.05) is 31.2 Å². The zero-order chi connectivity index (χ0) is 12.1. The van der Waals surface area contributed by atoms with Crippen LogP contribution >= 0.6 is 0 Å². The quantitative estimate of drug-likeness (QED) is 0.772. The second-order valence-electron chi connectivity index (χ2n) is 4.11. The minimum Gasteiger partial charge on any atom is -0.348 e. The minimum atomic E-state index is -0.586. The van der Waals surface area contributed by atoms with Crippen molar-refractivity contribution in [2.45, 2.75) is 13.3 Å². The molecular weight excluding hydrogens is 200 g/mol. The van der Waals surface area contributed by atoms with Crippen LogP contribution in [-0.2, 0) is 11.2 Å². The number of benzene rings is 1. The van der Waals surface area contributed by atoms with Crippen molar-refractivity contribution in [2.24, 2.45) is 5.92 Å². The Morgan fingerprint density at radius 2 is 2.19 bits per heavy atom. The molecule has 84 valence electrons. The molecule has 1 aromatic rings. The Morgan fingerprint density at radius 3 is 2.69 bits per heavy atom. The van der Waals surface area contributed by atoms with Crippen LogP contribution in [0.25, 0.3) is 0 Å². The Bertz CT molecular complexity index is 418. The van der Waals surface area contributed by atoms with Crippen LogP contribution in [0.3, 0.4) is 0 Å². The van der Waals surface area contributed by atoms with Gasteiger partial charge in [0.25, 0.3) is 0 Å². The van der Waals surface area contributed by atoms with Crippen molar-refractivity contribution in [1.82, 2.24) is 4.90 Å². The number of hydrogen-bond donors (Lipinski definition) is 0. The van der Waals surface area contributed by atoms with Crippen molar-refractivity contribution in [3.8, 4) is 6.07 Å². The van der Waals surface area contributed by atoms with Crippen molar-refractivity contribution in [3.05, 3.63) is 35.4 Å². The monoisotopic (exact) mass is 216 g/mol. The summed E-state index contributed by atoms with van der Waals surface area (Å²) in [5.74, 6) is -0.721. The first kappa shape index (κ1) is 12.3. The van der Waals surface area contributed by atoms with Gasteiger partial charge in [0.05, 0.1) is 6.07 Å². The molecule has 0 fully saturated rings. The fourth-order valence-electron chi connectivity index (χ4n) is 1.57. The molecule has 0 saturated heterocycles. The molecule has 1 rings (SSSR count). The molecular formula is C13H16N2O. The lowest BCUT2D eigenvalue weighted by Crippen LogP contribution is -2.30. The van der Waals surface area contributed by atoms with E-state index in [0.717, 1.165) is 11.1 Å². The van der Waals surface area contributed by atoms with Crippen molar-refractivity contribution in [3.63, 3.8) is 0 Å². The summed E-state index contributed by atoms with van der Waals surface area (Å²) >= 11 is 0. The number of carbonyl (C=O) groups is 1. The normalized spacial score (nSPS) is 11.6. The van der Waals surface area contributed by atoms with Gasteiger partial charge in [0.1, 0.15) is 5.92 Å². The zero-order valence-corrected chi connectivity index (χ0v) is 9.90. The van der Waals surface area contributed by atoms with Gasteiger partial charge in [-0.1, -0.05) is 29.8 Å². The summed E-state index contributed by atoms with van der Waals surface area (Å²) in [4.78, 5) is 13.1. The molecule has 0 N–H and O–H groups in total.